The fraction of sp³-hybridized carbons (Fsp3) is 0.278. The summed E-state index contributed by atoms with van der Waals surface area (Å²) < 4.78 is 30.4. The average Bonchev–Trinajstić information content (AvgIpc) is 3.04. The van der Waals surface area contributed by atoms with Gasteiger partial charge in [0.25, 0.3) is 10.0 Å². The number of rotatable bonds is 13. The van der Waals surface area contributed by atoms with E-state index >= 15 is 0 Å². The lowest BCUT2D eigenvalue weighted by atomic mass is 10.0. The fourth-order valence-electron chi connectivity index (χ4n) is 4.92. The highest BCUT2D eigenvalue weighted by Gasteiger charge is 2.35. The Balaban J connectivity index is 1.82. The van der Waals surface area contributed by atoms with E-state index in [0.29, 0.717) is 17.1 Å². The van der Waals surface area contributed by atoms with E-state index in [-0.39, 0.29) is 29.8 Å². The molecule has 0 aromatic heterocycles. The standard InChI is InChI=1S/C36H39BrClN3O4S/c1-5-27(4)39-36(43)34(22-28-9-7-6-8-10-28)40(23-29-12-14-30(37)15-13-29)35(42)24-41(32-18-11-25(2)26(3)21-32)46(44,45)33-19-16-31(38)17-20-33/h6-21,27,34H,5,22-24H2,1-4H3,(H,39,43)/t27-,34-/m0/s1. The molecule has 4 aromatic rings. The van der Waals surface area contributed by atoms with E-state index < -0.39 is 28.5 Å². The Hall–Kier alpha value is -3.66. The summed E-state index contributed by atoms with van der Waals surface area (Å²) in [5.74, 6) is -0.819. The van der Waals surface area contributed by atoms with Crippen LogP contribution >= 0.6 is 27.5 Å². The van der Waals surface area contributed by atoms with Gasteiger partial charge >= 0.3 is 0 Å². The summed E-state index contributed by atoms with van der Waals surface area (Å²) in [6.07, 6.45) is 0.962. The summed E-state index contributed by atoms with van der Waals surface area (Å²) in [5.41, 5.74) is 3.88. The Morgan fingerprint density at radius 2 is 1.52 bits per heavy atom. The molecule has 0 heterocycles. The van der Waals surface area contributed by atoms with Gasteiger partial charge in [0.15, 0.2) is 0 Å². The number of benzene rings is 4. The summed E-state index contributed by atoms with van der Waals surface area (Å²) in [4.78, 5) is 30.0. The minimum Gasteiger partial charge on any atom is -0.352 e. The van der Waals surface area contributed by atoms with Gasteiger partial charge in [0.1, 0.15) is 12.6 Å². The van der Waals surface area contributed by atoms with Crippen molar-refractivity contribution in [2.45, 2.75) is 64.1 Å². The Morgan fingerprint density at radius 1 is 0.870 bits per heavy atom. The zero-order valence-electron chi connectivity index (χ0n) is 26.4. The molecule has 4 aromatic carbocycles. The summed E-state index contributed by atoms with van der Waals surface area (Å²) in [7, 11) is -4.21. The second-order valence-corrected chi connectivity index (χ2v) is 14.6. The van der Waals surface area contributed by atoms with Crippen LogP contribution < -0.4 is 9.62 Å². The van der Waals surface area contributed by atoms with Crippen LogP contribution in [0.25, 0.3) is 0 Å². The third-order valence-electron chi connectivity index (χ3n) is 8.00. The van der Waals surface area contributed by atoms with Gasteiger partial charge < -0.3 is 10.2 Å². The van der Waals surface area contributed by atoms with Gasteiger partial charge in [0.2, 0.25) is 11.8 Å². The topological polar surface area (TPSA) is 86.8 Å². The molecule has 1 N–H and O–H groups in total. The highest BCUT2D eigenvalue weighted by Crippen LogP contribution is 2.28. The Bertz CT molecular complexity index is 1750. The first-order valence-electron chi connectivity index (χ1n) is 15.1. The van der Waals surface area contributed by atoms with Gasteiger partial charge in [-0.1, -0.05) is 83.0 Å². The van der Waals surface area contributed by atoms with Crippen molar-refractivity contribution in [3.8, 4) is 0 Å². The van der Waals surface area contributed by atoms with Crippen LogP contribution in [0.3, 0.4) is 0 Å². The molecule has 2 amide bonds. The molecule has 0 saturated carbocycles. The molecule has 0 aliphatic heterocycles. The van der Waals surface area contributed by atoms with Crippen molar-refractivity contribution in [1.82, 2.24) is 10.2 Å². The second-order valence-electron chi connectivity index (χ2n) is 11.4. The molecule has 0 fully saturated rings. The predicted molar refractivity (Wildman–Crippen MR) is 188 cm³/mol. The van der Waals surface area contributed by atoms with Gasteiger partial charge in [0.05, 0.1) is 10.6 Å². The van der Waals surface area contributed by atoms with Gasteiger partial charge in [-0.15, -0.1) is 0 Å². The van der Waals surface area contributed by atoms with Crippen molar-refractivity contribution in [1.29, 1.82) is 0 Å². The molecule has 2 atom stereocenters. The molecular formula is C36H39BrClN3O4S. The molecule has 10 heteroatoms. The van der Waals surface area contributed by atoms with Gasteiger partial charge in [-0.2, -0.15) is 0 Å². The number of nitrogens with zero attached hydrogens (tertiary/aromatic N) is 2. The lowest BCUT2D eigenvalue weighted by Crippen LogP contribution is -2.54. The van der Waals surface area contributed by atoms with E-state index in [1.807, 2.05) is 88.4 Å². The number of hydrogen-bond donors (Lipinski definition) is 1. The molecule has 0 bridgehead atoms. The van der Waals surface area contributed by atoms with Crippen molar-refractivity contribution in [2.75, 3.05) is 10.8 Å². The van der Waals surface area contributed by atoms with E-state index in [9.17, 15) is 18.0 Å². The summed E-state index contributed by atoms with van der Waals surface area (Å²) in [6.45, 7) is 7.30. The maximum absolute atomic E-state index is 14.6. The quantitative estimate of drug-likeness (QED) is 0.155. The van der Waals surface area contributed by atoms with E-state index in [1.54, 1.807) is 12.1 Å². The smallest absolute Gasteiger partial charge is 0.264 e. The van der Waals surface area contributed by atoms with Crippen LogP contribution in [0, 0.1) is 13.8 Å². The largest absolute Gasteiger partial charge is 0.352 e. The Labute approximate surface area is 285 Å². The lowest BCUT2D eigenvalue weighted by molar-refractivity contribution is -0.140. The van der Waals surface area contributed by atoms with Crippen LogP contribution in [-0.2, 0) is 32.6 Å². The maximum Gasteiger partial charge on any atom is 0.264 e. The number of anilines is 1. The van der Waals surface area contributed by atoms with Crippen LogP contribution in [0.5, 0.6) is 0 Å². The minimum atomic E-state index is -4.21. The number of amides is 2. The Kier molecular flexibility index (Phi) is 12.1. The molecule has 46 heavy (non-hydrogen) atoms. The molecule has 4 rings (SSSR count). The van der Waals surface area contributed by atoms with Crippen molar-refractivity contribution in [2.24, 2.45) is 0 Å². The molecule has 0 spiro atoms. The predicted octanol–water partition coefficient (Wildman–Crippen LogP) is 7.47. The third-order valence-corrected chi connectivity index (χ3v) is 10.6. The molecule has 0 aliphatic rings. The Morgan fingerprint density at radius 3 is 2.13 bits per heavy atom. The van der Waals surface area contributed by atoms with Crippen LogP contribution in [0.2, 0.25) is 5.02 Å². The zero-order valence-corrected chi connectivity index (χ0v) is 29.6. The van der Waals surface area contributed by atoms with Gasteiger partial charge in [-0.25, -0.2) is 8.42 Å². The van der Waals surface area contributed by atoms with E-state index in [0.717, 1.165) is 31.0 Å². The molecule has 7 nitrogen and oxygen atoms in total. The lowest BCUT2D eigenvalue weighted by Gasteiger charge is -2.34. The first-order chi connectivity index (χ1) is 21.9. The van der Waals surface area contributed by atoms with Crippen LogP contribution in [-0.4, -0.2) is 43.8 Å². The van der Waals surface area contributed by atoms with E-state index in [2.05, 4.69) is 21.2 Å². The fourth-order valence-corrected chi connectivity index (χ4v) is 6.72. The SMILES string of the molecule is CC[C@H](C)NC(=O)[C@H](Cc1ccccc1)N(Cc1ccc(Br)cc1)C(=O)CN(c1ccc(C)c(C)c1)S(=O)(=O)c1ccc(Cl)cc1. The average molecular weight is 725 g/mol. The number of hydrogen-bond acceptors (Lipinski definition) is 4. The number of aryl methyl sites for hydroxylation is 2. The molecule has 0 unspecified atom stereocenters. The number of carbonyl (C=O) groups is 2. The van der Waals surface area contributed by atoms with E-state index in [1.165, 1.54) is 29.2 Å². The first-order valence-corrected chi connectivity index (χ1v) is 17.7. The molecule has 0 radical (unpaired) electrons. The van der Waals surface area contributed by atoms with E-state index in [4.69, 9.17) is 11.6 Å². The maximum atomic E-state index is 14.6. The first kappa shape index (κ1) is 35.2. The van der Waals surface area contributed by atoms with Crippen molar-refractivity contribution >= 4 is 55.1 Å². The summed E-state index contributed by atoms with van der Waals surface area (Å²) >= 11 is 9.54. The zero-order chi connectivity index (χ0) is 33.4. The summed E-state index contributed by atoms with van der Waals surface area (Å²) in [5, 5.41) is 3.45. The number of halogens is 2. The minimum absolute atomic E-state index is 0.00210. The van der Waals surface area contributed by atoms with Crippen molar-refractivity contribution in [3.63, 3.8) is 0 Å². The van der Waals surface area contributed by atoms with Crippen LogP contribution in [0.1, 0.15) is 42.5 Å². The number of nitrogens with one attached hydrogen (secondary N) is 1. The molecule has 0 saturated heterocycles. The molecule has 0 aliphatic carbocycles. The number of sulfonamides is 1. The molecular weight excluding hydrogens is 686 g/mol. The highest BCUT2D eigenvalue weighted by atomic mass is 79.9. The van der Waals surface area contributed by atoms with Crippen molar-refractivity contribution < 1.29 is 18.0 Å². The van der Waals surface area contributed by atoms with Gasteiger partial charge in [0, 0.05) is 28.5 Å². The number of carbonyl (C=O) groups excluding carboxylic acids is 2. The normalized spacial score (nSPS) is 12.7. The summed E-state index contributed by atoms with van der Waals surface area (Å²) in [6, 6.07) is 27.1. The van der Waals surface area contributed by atoms with Gasteiger partial charge in [-0.3, -0.25) is 13.9 Å². The second kappa shape index (κ2) is 15.8. The highest BCUT2D eigenvalue weighted by molar-refractivity contribution is 9.10. The van der Waals surface area contributed by atoms with Crippen LogP contribution in [0.15, 0.2) is 106 Å². The van der Waals surface area contributed by atoms with Gasteiger partial charge in [-0.05, 0) is 98.0 Å². The van der Waals surface area contributed by atoms with Crippen molar-refractivity contribution in [3.05, 3.63) is 129 Å². The third kappa shape index (κ3) is 8.99. The monoisotopic (exact) mass is 723 g/mol. The van der Waals surface area contributed by atoms with Crippen LogP contribution in [0.4, 0.5) is 5.69 Å². The molecule has 242 valence electrons.